The highest BCUT2D eigenvalue weighted by atomic mass is 79.9. The van der Waals surface area contributed by atoms with Crippen LogP contribution in [-0.4, -0.2) is 21.7 Å². The van der Waals surface area contributed by atoms with Crippen molar-refractivity contribution in [2.45, 2.75) is 19.4 Å². The molecule has 0 aliphatic heterocycles. The van der Waals surface area contributed by atoms with Crippen molar-refractivity contribution in [2.24, 2.45) is 0 Å². The van der Waals surface area contributed by atoms with Crippen LogP contribution in [0.3, 0.4) is 0 Å². The molecule has 2 N–H and O–H groups in total. The molecule has 0 bridgehead atoms. The minimum Gasteiger partial charge on any atom is -0.313 e. The third-order valence-corrected chi connectivity index (χ3v) is 3.19. The number of aromatic amines is 1. The van der Waals surface area contributed by atoms with E-state index in [0.29, 0.717) is 11.0 Å². The summed E-state index contributed by atoms with van der Waals surface area (Å²) in [6, 6.07) is 5.16. The third-order valence-electron chi connectivity index (χ3n) is 2.55. The zero-order valence-corrected chi connectivity index (χ0v) is 11.4. The third kappa shape index (κ3) is 3.89. The van der Waals surface area contributed by atoms with Crippen LogP contribution in [0.25, 0.3) is 0 Å². The molecule has 1 aromatic carbocycles. The normalized spacial score (nSPS) is 10.8. The Labute approximate surface area is 113 Å². The van der Waals surface area contributed by atoms with Crippen LogP contribution < -0.4 is 5.32 Å². The highest BCUT2D eigenvalue weighted by Crippen LogP contribution is 2.16. The summed E-state index contributed by atoms with van der Waals surface area (Å²) in [5, 5.41) is 9.87. The molecule has 2 aromatic rings. The van der Waals surface area contributed by atoms with Crippen LogP contribution in [0.15, 0.2) is 29.0 Å². The second kappa shape index (κ2) is 6.61. The van der Waals surface area contributed by atoms with E-state index in [1.807, 2.05) is 6.07 Å². The van der Waals surface area contributed by atoms with Crippen molar-refractivity contribution in [2.75, 3.05) is 6.54 Å². The fourth-order valence-corrected chi connectivity index (χ4v) is 1.86. The Kier molecular flexibility index (Phi) is 4.83. The number of aromatic nitrogens is 3. The molecule has 1 aromatic heterocycles. The number of nitrogens with one attached hydrogen (secondary N) is 2. The van der Waals surface area contributed by atoms with Crippen molar-refractivity contribution >= 4 is 15.9 Å². The summed E-state index contributed by atoms with van der Waals surface area (Å²) < 4.78 is 13.7. The van der Waals surface area contributed by atoms with E-state index in [-0.39, 0.29) is 5.82 Å². The molecule has 0 spiro atoms. The Hall–Kier alpha value is -1.27. The molecule has 0 fully saturated rings. The molecule has 1 heterocycles. The lowest BCUT2D eigenvalue weighted by Gasteiger charge is -2.05. The Morgan fingerprint density at radius 1 is 1.39 bits per heavy atom. The molecule has 0 amide bonds. The standard InChI is InChI=1S/C12H14BrFN4/c13-10-4-3-9(6-11(10)14)7-15-5-1-2-12-16-8-17-18-12/h3-4,6,8,15H,1-2,5,7H2,(H,16,17,18). The zero-order chi connectivity index (χ0) is 12.8. The van der Waals surface area contributed by atoms with Crippen molar-refractivity contribution in [3.05, 3.63) is 46.2 Å². The first kappa shape index (κ1) is 13.2. The van der Waals surface area contributed by atoms with Gasteiger partial charge in [-0.1, -0.05) is 6.07 Å². The number of aryl methyl sites for hydroxylation is 1. The van der Waals surface area contributed by atoms with E-state index in [0.717, 1.165) is 30.8 Å². The van der Waals surface area contributed by atoms with Gasteiger partial charge in [-0.25, -0.2) is 9.37 Å². The van der Waals surface area contributed by atoms with E-state index in [4.69, 9.17) is 0 Å². The van der Waals surface area contributed by atoms with Crippen LogP contribution in [0, 0.1) is 5.82 Å². The van der Waals surface area contributed by atoms with Gasteiger partial charge in [0, 0.05) is 13.0 Å². The monoisotopic (exact) mass is 312 g/mol. The Balaban J connectivity index is 1.67. The van der Waals surface area contributed by atoms with Gasteiger partial charge in [-0.2, -0.15) is 5.10 Å². The van der Waals surface area contributed by atoms with Crippen molar-refractivity contribution in [3.63, 3.8) is 0 Å². The van der Waals surface area contributed by atoms with Crippen LogP contribution in [-0.2, 0) is 13.0 Å². The average molecular weight is 313 g/mol. The van der Waals surface area contributed by atoms with Gasteiger partial charge in [0.15, 0.2) is 0 Å². The van der Waals surface area contributed by atoms with Gasteiger partial charge < -0.3 is 5.32 Å². The molecule has 0 atom stereocenters. The lowest BCUT2D eigenvalue weighted by molar-refractivity contribution is 0.609. The first-order valence-corrected chi connectivity index (χ1v) is 6.54. The number of hydrogen-bond acceptors (Lipinski definition) is 3. The zero-order valence-electron chi connectivity index (χ0n) is 9.79. The minimum atomic E-state index is -0.226. The van der Waals surface area contributed by atoms with Gasteiger partial charge in [-0.05, 0) is 46.6 Å². The van der Waals surface area contributed by atoms with Crippen LogP contribution in [0.2, 0.25) is 0 Å². The van der Waals surface area contributed by atoms with Gasteiger partial charge in [-0.15, -0.1) is 0 Å². The van der Waals surface area contributed by atoms with Crippen molar-refractivity contribution < 1.29 is 4.39 Å². The molecule has 0 aliphatic rings. The Morgan fingerprint density at radius 3 is 3.00 bits per heavy atom. The molecule has 6 heteroatoms. The first-order valence-electron chi connectivity index (χ1n) is 5.74. The lowest BCUT2D eigenvalue weighted by Crippen LogP contribution is -2.15. The Bertz CT molecular complexity index is 487. The second-order valence-corrected chi connectivity index (χ2v) is 4.82. The average Bonchev–Trinajstić information content (AvgIpc) is 2.86. The predicted octanol–water partition coefficient (Wildman–Crippen LogP) is 2.43. The summed E-state index contributed by atoms with van der Waals surface area (Å²) in [5.41, 5.74) is 0.940. The van der Waals surface area contributed by atoms with Crippen LogP contribution in [0.5, 0.6) is 0 Å². The topological polar surface area (TPSA) is 53.6 Å². The molecule has 96 valence electrons. The fourth-order valence-electron chi connectivity index (χ4n) is 1.61. The van der Waals surface area contributed by atoms with Gasteiger partial charge in [-0.3, -0.25) is 5.10 Å². The van der Waals surface area contributed by atoms with E-state index in [1.54, 1.807) is 6.07 Å². The van der Waals surface area contributed by atoms with E-state index >= 15 is 0 Å². The van der Waals surface area contributed by atoms with Gasteiger partial charge in [0.05, 0.1) is 4.47 Å². The van der Waals surface area contributed by atoms with Gasteiger partial charge >= 0.3 is 0 Å². The van der Waals surface area contributed by atoms with Gasteiger partial charge in [0.1, 0.15) is 18.0 Å². The van der Waals surface area contributed by atoms with Crippen LogP contribution >= 0.6 is 15.9 Å². The number of benzene rings is 1. The molecular formula is C12H14BrFN4. The molecular weight excluding hydrogens is 299 g/mol. The second-order valence-electron chi connectivity index (χ2n) is 3.96. The van der Waals surface area contributed by atoms with Crippen molar-refractivity contribution in [1.29, 1.82) is 0 Å². The number of rotatable bonds is 6. The van der Waals surface area contributed by atoms with Gasteiger partial charge in [0.2, 0.25) is 0 Å². The van der Waals surface area contributed by atoms with Gasteiger partial charge in [0.25, 0.3) is 0 Å². The largest absolute Gasteiger partial charge is 0.313 e. The highest BCUT2D eigenvalue weighted by Gasteiger charge is 2.00. The number of H-pyrrole nitrogens is 1. The van der Waals surface area contributed by atoms with Crippen LogP contribution in [0.1, 0.15) is 17.8 Å². The van der Waals surface area contributed by atoms with E-state index < -0.39 is 0 Å². The smallest absolute Gasteiger partial charge is 0.137 e. The van der Waals surface area contributed by atoms with Crippen molar-refractivity contribution in [1.82, 2.24) is 20.5 Å². The maximum atomic E-state index is 13.2. The molecule has 0 saturated carbocycles. The predicted molar refractivity (Wildman–Crippen MR) is 70.5 cm³/mol. The summed E-state index contributed by atoms with van der Waals surface area (Å²) in [6.07, 6.45) is 3.34. The van der Waals surface area contributed by atoms with E-state index in [2.05, 4.69) is 36.4 Å². The number of hydrogen-bond donors (Lipinski definition) is 2. The molecule has 0 aliphatic carbocycles. The summed E-state index contributed by atoms with van der Waals surface area (Å²) >= 11 is 3.13. The summed E-state index contributed by atoms with van der Waals surface area (Å²) in [6.45, 7) is 1.53. The molecule has 4 nitrogen and oxygen atoms in total. The first-order chi connectivity index (χ1) is 8.75. The quantitative estimate of drug-likeness (QED) is 0.805. The summed E-state index contributed by atoms with van der Waals surface area (Å²) in [7, 11) is 0. The maximum absolute atomic E-state index is 13.2. The lowest BCUT2D eigenvalue weighted by atomic mass is 10.2. The molecule has 2 rings (SSSR count). The molecule has 0 radical (unpaired) electrons. The fraction of sp³-hybridized carbons (Fsp3) is 0.333. The number of halogens is 2. The number of nitrogens with zero attached hydrogens (tertiary/aromatic N) is 2. The molecule has 0 saturated heterocycles. The maximum Gasteiger partial charge on any atom is 0.137 e. The molecule has 0 unspecified atom stereocenters. The minimum absolute atomic E-state index is 0.226. The SMILES string of the molecule is Fc1cc(CNCCCc2ncn[nH]2)ccc1Br. The van der Waals surface area contributed by atoms with E-state index in [1.165, 1.54) is 12.4 Å². The van der Waals surface area contributed by atoms with Crippen molar-refractivity contribution in [3.8, 4) is 0 Å². The van der Waals surface area contributed by atoms with Crippen LogP contribution in [0.4, 0.5) is 4.39 Å². The molecule has 18 heavy (non-hydrogen) atoms. The summed E-state index contributed by atoms with van der Waals surface area (Å²) in [4.78, 5) is 4.04. The van der Waals surface area contributed by atoms with E-state index in [9.17, 15) is 4.39 Å². The summed E-state index contributed by atoms with van der Waals surface area (Å²) in [5.74, 6) is 0.669. The highest BCUT2D eigenvalue weighted by molar-refractivity contribution is 9.10. The Morgan fingerprint density at radius 2 is 2.28 bits per heavy atom.